The van der Waals surface area contributed by atoms with Gasteiger partial charge in [-0.3, -0.25) is 4.79 Å². The average Bonchev–Trinajstić information content (AvgIpc) is 2.38. The van der Waals surface area contributed by atoms with Gasteiger partial charge in [-0.25, -0.2) is 4.79 Å². The van der Waals surface area contributed by atoms with Crippen molar-refractivity contribution < 1.29 is 19.1 Å². The molecule has 0 aliphatic heterocycles. The first-order chi connectivity index (χ1) is 8.12. The smallest absolute Gasteiger partial charge is 0.338 e. The molecular weight excluding hydrogens is 222 g/mol. The normalized spacial score (nSPS) is 9.24. The first-order valence-electron chi connectivity index (χ1n) is 4.80. The molecule has 0 bridgehead atoms. The maximum atomic E-state index is 11.5. The summed E-state index contributed by atoms with van der Waals surface area (Å²) in [6.07, 6.45) is -0.0351. The fourth-order valence-corrected chi connectivity index (χ4v) is 1.33. The Balaban J connectivity index is 3.16. The van der Waals surface area contributed by atoms with Crippen LogP contribution < -0.4 is 0 Å². The van der Waals surface area contributed by atoms with E-state index in [1.165, 1.54) is 26.4 Å². The predicted molar refractivity (Wildman–Crippen MR) is 58.2 cm³/mol. The molecule has 1 aromatic rings. The summed E-state index contributed by atoms with van der Waals surface area (Å²) < 4.78 is 9.11. The predicted octanol–water partition coefficient (Wildman–Crippen LogP) is 1.06. The van der Waals surface area contributed by atoms with Gasteiger partial charge < -0.3 is 9.47 Å². The highest BCUT2D eigenvalue weighted by Crippen LogP contribution is 2.14. The lowest BCUT2D eigenvalue weighted by Crippen LogP contribution is -2.11. The molecule has 0 aliphatic carbocycles. The van der Waals surface area contributed by atoms with Gasteiger partial charge in [-0.05, 0) is 17.7 Å². The molecule has 5 nitrogen and oxygen atoms in total. The van der Waals surface area contributed by atoms with Crippen molar-refractivity contribution in [3.05, 3.63) is 34.9 Å². The summed E-state index contributed by atoms with van der Waals surface area (Å²) in [5.41, 5.74) is 1.01. The van der Waals surface area contributed by atoms with Crippen LogP contribution in [0.3, 0.4) is 0 Å². The van der Waals surface area contributed by atoms with Crippen molar-refractivity contribution in [2.24, 2.45) is 0 Å². The first kappa shape index (κ1) is 12.7. The van der Waals surface area contributed by atoms with Gasteiger partial charge in [0.25, 0.3) is 0 Å². The SMILES string of the molecule is COC(=O)Cc1ccc(C#N)cc1C(=O)OC. The highest BCUT2D eigenvalue weighted by atomic mass is 16.5. The number of carbonyl (C=O) groups is 2. The van der Waals surface area contributed by atoms with Gasteiger partial charge in [0.2, 0.25) is 0 Å². The molecule has 0 N–H and O–H groups in total. The molecule has 0 heterocycles. The third-order valence-corrected chi connectivity index (χ3v) is 2.21. The van der Waals surface area contributed by atoms with Crippen LogP contribution in [0.1, 0.15) is 21.5 Å². The molecule has 0 spiro atoms. The van der Waals surface area contributed by atoms with Gasteiger partial charge in [-0.15, -0.1) is 0 Å². The Hall–Kier alpha value is -2.35. The lowest BCUT2D eigenvalue weighted by molar-refractivity contribution is -0.139. The van der Waals surface area contributed by atoms with Gasteiger partial charge in [0.1, 0.15) is 0 Å². The number of rotatable bonds is 3. The molecule has 0 radical (unpaired) electrons. The van der Waals surface area contributed by atoms with Crippen LogP contribution in [0.2, 0.25) is 0 Å². The molecule has 17 heavy (non-hydrogen) atoms. The lowest BCUT2D eigenvalue weighted by Gasteiger charge is -2.07. The van der Waals surface area contributed by atoms with Gasteiger partial charge in [0.15, 0.2) is 0 Å². The van der Waals surface area contributed by atoms with Crippen molar-refractivity contribution in [1.29, 1.82) is 5.26 Å². The van der Waals surface area contributed by atoms with Crippen molar-refractivity contribution in [2.45, 2.75) is 6.42 Å². The summed E-state index contributed by atoms with van der Waals surface area (Å²) in [6.45, 7) is 0. The van der Waals surface area contributed by atoms with E-state index in [2.05, 4.69) is 9.47 Å². The minimum Gasteiger partial charge on any atom is -0.469 e. The quantitative estimate of drug-likeness (QED) is 0.729. The second-order valence-electron chi connectivity index (χ2n) is 3.23. The lowest BCUT2D eigenvalue weighted by atomic mass is 10.0. The number of carbonyl (C=O) groups excluding carboxylic acids is 2. The Labute approximate surface area is 98.6 Å². The van der Waals surface area contributed by atoms with E-state index < -0.39 is 11.9 Å². The fraction of sp³-hybridized carbons (Fsp3) is 0.250. The van der Waals surface area contributed by atoms with E-state index in [9.17, 15) is 9.59 Å². The van der Waals surface area contributed by atoms with Crippen LogP contribution in [-0.2, 0) is 20.7 Å². The Morgan fingerprint density at radius 3 is 2.53 bits per heavy atom. The molecule has 1 aromatic carbocycles. The van der Waals surface area contributed by atoms with E-state index in [4.69, 9.17) is 5.26 Å². The van der Waals surface area contributed by atoms with Crippen LogP contribution in [0.15, 0.2) is 18.2 Å². The van der Waals surface area contributed by atoms with Crippen molar-refractivity contribution in [3.63, 3.8) is 0 Å². The zero-order valence-corrected chi connectivity index (χ0v) is 9.52. The number of hydrogen-bond donors (Lipinski definition) is 0. The number of methoxy groups -OCH3 is 2. The number of benzene rings is 1. The van der Waals surface area contributed by atoms with Crippen molar-refractivity contribution in [1.82, 2.24) is 0 Å². The minimum absolute atomic E-state index is 0.0351. The maximum absolute atomic E-state index is 11.5. The molecule has 0 unspecified atom stereocenters. The summed E-state index contributed by atoms with van der Waals surface area (Å²) in [6, 6.07) is 6.39. The molecule has 0 saturated heterocycles. The minimum atomic E-state index is -0.582. The van der Waals surface area contributed by atoms with Gasteiger partial charge >= 0.3 is 11.9 Å². The van der Waals surface area contributed by atoms with Gasteiger partial charge in [0, 0.05) is 0 Å². The molecule has 0 aromatic heterocycles. The fourth-order valence-electron chi connectivity index (χ4n) is 1.33. The topological polar surface area (TPSA) is 76.4 Å². The number of nitriles is 1. The third-order valence-electron chi connectivity index (χ3n) is 2.21. The zero-order valence-electron chi connectivity index (χ0n) is 9.52. The monoisotopic (exact) mass is 233 g/mol. The number of hydrogen-bond acceptors (Lipinski definition) is 5. The number of esters is 2. The summed E-state index contributed by atoms with van der Waals surface area (Å²) in [7, 11) is 2.51. The van der Waals surface area contributed by atoms with E-state index in [1.807, 2.05) is 6.07 Å². The van der Waals surface area contributed by atoms with Crippen LogP contribution in [0.5, 0.6) is 0 Å². The largest absolute Gasteiger partial charge is 0.469 e. The Bertz CT molecular complexity index is 488. The van der Waals surface area contributed by atoms with Crippen LogP contribution in [0.4, 0.5) is 0 Å². The molecule has 0 atom stereocenters. The molecule has 0 fully saturated rings. The highest BCUT2D eigenvalue weighted by Gasteiger charge is 2.15. The van der Waals surface area contributed by atoms with E-state index in [-0.39, 0.29) is 12.0 Å². The first-order valence-corrected chi connectivity index (χ1v) is 4.80. The van der Waals surface area contributed by atoms with Crippen LogP contribution in [0, 0.1) is 11.3 Å². The van der Waals surface area contributed by atoms with E-state index >= 15 is 0 Å². The molecular formula is C12H11NO4. The van der Waals surface area contributed by atoms with Crippen LogP contribution >= 0.6 is 0 Å². The average molecular weight is 233 g/mol. The molecule has 5 heteroatoms. The van der Waals surface area contributed by atoms with E-state index in [0.717, 1.165) is 0 Å². The number of nitrogens with zero attached hydrogens (tertiary/aromatic N) is 1. The summed E-state index contributed by atoms with van der Waals surface area (Å²) >= 11 is 0. The Morgan fingerprint density at radius 2 is 2.00 bits per heavy atom. The van der Waals surface area contributed by atoms with Crippen LogP contribution in [0.25, 0.3) is 0 Å². The van der Waals surface area contributed by atoms with Gasteiger partial charge in [-0.2, -0.15) is 5.26 Å². The standard InChI is InChI=1S/C12H11NO4/c1-16-11(14)6-9-4-3-8(7-13)5-10(9)12(15)17-2/h3-5H,6H2,1-2H3. The summed E-state index contributed by atoms with van der Waals surface area (Å²) in [4.78, 5) is 22.6. The second-order valence-corrected chi connectivity index (χ2v) is 3.23. The Kier molecular flexibility index (Phi) is 4.23. The van der Waals surface area contributed by atoms with Gasteiger partial charge in [0.05, 0.1) is 37.8 Å². The van der Waals surface area contributed by atoms with Crippen molar-refractivity contribution >= 4 is 11.9 Å². The third kappa shape index (κ3) is 3.05. The van der Waals surface area contributed by atoms with E-state index in [0.29, 0.717) is 11.1 Å². The van der Waals surface area contributed by atoms with Crippen molar-refractivity contribution in [2.75, 3.05) is 14.2 Å². The molecule has 0 aliphatic rings. The second kappa shape index (κ2) is 5.66. The molecule has 0 amide bonds. The summed E-state index contributed by atoms with van der Waals surface area (Å²) in [5, 5.41) is 8.74. The number of ether oxygens (including phenoxy) is 2. The van der Waals surface area contributed by atoms with Gasteiger partial charge in [-0.1, -0.05) is 6.07 Å². The Morgan fingerprint density at radius 1 is 1.29 bits per heavy atom. The molecule has 0 saturated carbocycles. The van der Waals surface area contributed by atoms with Crippen LogP contribution in [-0.4, -0.2) is 26.2 Å². The molecule has 1 rings (SSSR count). The molecule has 88 valence electrons. The van der Waals surface area contributed by atoms with E-state index in [1.54, 1.807) is 6.07 Å². The zero-order chi connectivity index (χ0) is 12.8. The highest BCUT2D eigenvalue weighted by molar-refractivity contribution is 5.92. The maximum Gasteiger partial charge on any atom is 0.338 e. The van der Waals surface area contributed by atoms with Crippen molar-refractivity contribution in [3.8, 4) is 6.07 Å². The summed E-state index contributed by atoms with van der Waals surface area (Å²) in [5.74, 6) is -1.04.